The van der Waals surface area contributed by atoms with Gasteiger partial charge in [-0.2, -0.15) is 0 Å². The van der Waals surface area contributed by atoms with Crippen LogP contribution < -0.4 is 15.4 Å². The molecule has 2 amide bonds. The summed E-state index contributed by atoms with van der Waals surface area (Å²) in [5.41, 5.74) is 0.674. The number of alkyl halides is 1. The Kier molecular flexibility index (Phi) is 7.08. The summed E-state index contributed by atoms with van der Waals surface area (Å²) in [6, 6.07) is 7.12. The van der Waals surface area contributed by atoms with E-state index in [1.165, 1.54) is 0 Å². The van der Waals surface area contributed by atoms with Gasteiger partial charge < -0.3 is 15.4 Å². The smallest absolute Gasteiger partial charge is 0.233 e. The van der Waals surface area contributed by atoms with E-state index < -0.39 is 0 Å². The Morgan fingerprint density at radius 2 is 2.15 bits per heavy atom. The Balaban J connectivity index is 2.35. The van der Waals surface area contributed by atoms with Gasteiger partial charge in [0.15, 0.2) is 0 Å². The molecule has 0 aliphatic heterocycles. The van der Waals surface area contributed by atoms with Crippen molar-refractivity contribution in [1.29, 1.82) is 0 Å². The molecule has 20 heavy (non-hydrogen) atoms. The number of nitrogens with one attached hydrogen (secondary N) is 2. The Hall–Kier alpha value is -1.56. The van der Waals surface area contributed by atoms with Crippen LogP contribution in [0.3, 0.4) is 0 Å². The van der Waals surface area contributed by atoms with E-state index in [2.05, 4.69) is 26.6 Å². The minimum Gasteiger partial charge on any atom is -0.497 e. The van der Waals surface area contributed by atoms with E-state index in [1.807, 2.05) is 6.92 Å². The lowest BCUT2D eigenvalue weighted by Crippen LogP contribution is -2.33. The zero-order valence-corrected chi connectivity index (χ0v) is 13.2. The lowest BCUT2D eigenvalue weighted by atomic mass is 10.3. The summed E-state index contributed by atoms with van der Waals surface area (Å²) in [5.74, 6) is 0.434. The fourth-order valence-electron chi connectivity index (χ4n) is 1.52. The maximum absolute atomic E-state index is 11.7. The highest BCUT2D eigenvalue weighted by Gasteiger charge is 2.12. The predicted molar refractivity (Wildman–Crippen MR) is 82.3 cm³/mol. The van der Waals surface area contributed by atoms with Crippen LogP contribution in [-0.4, -0.2) is 30.3 Å². The molecule has 110 valence electrons. The fourth-order valence-corrected chi connectivity index (χ4v) is 1.68. The van der Waals surface area contributed by atoms with Crippen molar-refractivity contribution >= 4 is 33.4 Å². The van der Waals surface area contributed by atoms with Crippen molar-refractivity contribution in [3.63, 3.8) is 0 Å². The average Bonchev–Trinajstić information content (AvgIpc) is 2.46. The first-order chi connectivity index (χ1) is 9.56. The van der Waals surface area contributed by atoms with Gasteiger partial charge in [0, 0.05) is 24.7 Å². The van der Waals surface area contributed by atoms with E-state index in [9.17, 15) is 9.59 Å². The molecule has 6 heteroatoms. The first kappa shape index (κ1) is 16.5. The van der Waals surface area contributed by atoms with Crippen molar-refractivity contribution in [3.05, 3.63) is 24.3 Å². The van der Waals surface area contributed by atoms with Gasteiger partial charge in [0.25, 0.3) is 0 Å². The molecule has 0 aromatic heterocycles. The molecule has 0 saturated carbocycles. The summed E-state index contributed by atoms with van der Waals surface area (Å²) in [6.45, 7) is 2.23. The minimum absolute atomic E-state index is 0.0957. The average molecular weight is 343 g/mol. The molecular weight excluding hydrogens is 324 g/mol. The highest BCUT2D eigenvalue weighted by atomic mass is 79.9. The molecule has 0 saturated heterocycles. The minimum atomic E-state index is -0.205. The van der Waals surface area contributed by atoms with E-state index in [-0.39, 0.29) is 23.1 Å². The molecule has 1 rings (SSSR count). The summed E-state index contributed by atoms with van der Waals surface area (Å²) < 4.78 is 5.07. The van der Waals surface area contributed by atoms with Crippen LogP contribution in [0.15, 0.2) is 24.3 Å². The van der Waals surface area contributed by atoms with Crippen LogP contribution in [0.25, 0.3) is 0 Å². The maximum Gasteiger partial charge on any atom is 0.233 e. The van der Waals surface area contributed by atoms with E-state index >= 15 is 0 Å². The molecule has 0 aliphatic rings. The Bertz CT molecular complexity index is 465. The molecule has 0 unspecified atom stereocenters. The summed E-state index contributed by atoms with van der Waals surface area (Å²) in [6.07, 6.45) is 0.939. The van der Waals surface area contributed by atoms with E-state index in [1.54, 1.807) is 31.4 Å². The van der Waals surface area contributed by atoms with Gasteiger partial charge >= 0.3 is 0 Å². The number of hydrogen-bond acceptors (Lipinski definition) is 3. The first-order valence-corrected chi connectivity index (χ1v) is 7.34. The summed E-state index contributed by atoms with van der Waals surface area (Å²) in [5, 5.41) is 5.45. The SMILES string of the molecule is CC[C@@H](Br)C(=O)NCCC(=O)Nc1cccc(OC)c1. The van der Waals surface area contributed by atoms with E-state index in [4.69, 9.17) is 4.74 Å². The number of halogens is 1. The lowest BCUT2D eigenvalue weighted by Gasteiger charge is -2.09. The van der Waals surface area contributed by atoms with Crippen molar-refractivity contribution in [1.82, 2.24) is 5.32 Å². The van der Waals surface area contributed by atoms with Gasteiger partial charge in [0.1, 0.15) is 5.75 Å². The van der Waals surface area contributed by atoms with Crippen LogP contribution in [0.2, 0.25) is 0 Å². The number of anilines is 1. The van der Waals surface area contributed by atoms with Crippen molar-refractivity contribution in [2.24, 2.45) is 0 Å². The van der Waals surface area contributed by atoms with Gasteiger partial charge in [0.2, 0.25) is 11.8 Å². The van der Waals surface area contributed by atoms with E-state index in [0.717, 1.165) is 0 Å². The van der Waals surface area contributed by atoms with Crippen molar-refractivity contribution < 1.29 is 14.3 Å². The van der Waals surface area contributed by atoms with E-state index in [0.29, 0.717) is 24.4 Å². The quantitative estimate of drug-likeness (QED) is 0.747. The number of ether oxygens (including phenoxy) is 1. The Morgan fingerprint density at radius 1 is 1.40 bits per heavy atom. The van der Waals surface area contributed by atoms with Crippen LogP contribution in [0.5, 0.6) is 5.75 Å². The third kappa shape index (κ3) is 5.61. The molecule has 1 aromatic rings. The van der Waals surface area contributed by atoms with Crippen LogP contribution in [0, 0.1) is 0 Å². The summed E-state index contributed by atoms with van der Waals surface area (Å²) in [7, 11) is 1.57. The molecule has 0 bridgehead atoms. The summed E-state index contributed by atoms with van der Waals surface area (Å²) >= 11 is 3.25. The number of carbonyl (C=O) groups is 2. The first-order valence-electron chi connectivity index (χ1n) is 6.42. The Labute approximate surface area is 127 Å². The van der Waals surface area contributed by atoms with Crippen LogP contribution in [-0.2, 0) is 9.59 Å². The largest absolute Gasteiger partial charge is 0.497 e. The second-order valence-corrected chi connectivity index (χ2v) is 5.30. The predicted octanol–water partition coefficient (Wildman–Crippen LogP) is 2.31. The molecule has 1 atom stereocenters. The number of methoxy groups -OCH3 is 1. The third-order valence-corrected chi connectivity index (χ3v) is 3.71. The van der Waals surface area contributed by atoms with Crippen LogP contribution in [0.1, 0.15) is 19.8 Å². The van der Waals surface area contributed by atoms with Crippen molar-refractivity contribution in [3.8, 4) is 5.75 Å². The Morgan fingerprint density at radius 3 is 2.80 bits per heavy atom. The number of benzene rings is 1. The maximum atomic E-state index is 11.7. The van der Waals surface area contributed by atoms with Gasteiger partial charge in [-0.1, -0.05) is 28.9 Å². The van der Waals surface area contributed by atoms with Gasteiger partial charge in [0.05, 0.1) is 11.9 Å². The zero-order chi connectivity index (χ0) is 15.0. The molecular formula is C14H19BrN2O3. The number of amides is 2. The zero-order valence-electron chi connectivity index (χ0n) is 11.6. The lowest BCUT2D eigenvalue weighted by molar-refractivity contribution is -0.120. The highest BCUT2D eigenvalue weighted by Crippen LogP contribution is 2.16. The molecule has 0 radical (unpaired) electrons. The standard InChI is InChI=1S/C14H19BrN2O3/c1-3-12(15)14(19)16-8-7-13(18)17-10-5-4-6-11(9-10)20-2/h4-6,9,12H,3,7-8H2,1-2H3,(H,16,19)(H,17,18)/t12-/m1/s1. The highest BCUT2D eigenvalue weighted by molar-refractivity contribution is 9.10. The molecule has 5 nitrogen and oxygen atoms in total. The molecule has 0 spiro atoms. The monoisotopic (exact) mass is 342 g/mol. The molecule has 2 N–H and O–H groups in total. The normalized spacial score (nSPS) is 11.6. The summed E-state index contributed by atoms with van der Waals surface area (Å²) in [4.78, 5) is 23.0. The fraction of sp³-hybridized carbons (Fsp3) is 0.429. The number of rotatable bonds is 7. The van der Waals surface area contributed by atoms with Crippen LogP contribution >= 0.6 is 15.9 Å². The molecule has 0 fully saturated rings. The van der Waals surface area contributed by atoms with Crippen molar-refractivity contribution in [2.75, 3.05) is 19.0 Å². The van der Waals surface area contributed by atoms with Gasteiger partial charge in [-0.15, -0.1) is 0 Å². The second kappa shape index (κ2) is 8.58. The number of hydrogen-bond donors (Lipinski definition) is 2. The second-order valence-electron chi connectivity index (χ2n) is 4.20. The molecule has 0 heterocycles. The molecule has 1 aromatic carbocycles. The van der Waals surface area contributed by atoms with Gasteiger partial charge in [-0.05, 0) is 18.6 Å². The topological polar surface area (TPSA) is 67.4 Å². The van der Waals surface area contributed by atoms with Gasteiger partial charge in [-0.3, -0.25) is 9.59 Å². The molecule has 0 aliphatic carbocycles. The number of carbonyl (C=O) groups excluding carboxylic acids is 2. The van der Waals surface area contributed by atoms with Crippen molar-refractivity contribution in [2.45, 2.75) is 24.6 Å². The van der Waals surface area contributed by atoms with Gasteiger partial charge in [-0.25, -0.2) is 0 Å². The van der Waals surface area contributed by atoms with Crippen LogP contribution in [0.4, 0.5) is 5.69 Å². The third-order valence-electron chi connectivity index (χ3n) is 2.65.